The highest BCUT2D eigenvalue weighted by Gasteiger charge is 2.00. The molecule has 0 aromatic carbocycles. The Morgan fingerprint density at radius 2 is 1.33 bits per heavy atom. The minimum absolute atomic E-state index is 0.634. The molecule has 0 aromatic heterocycles. The Labute approximate surface area is 111 Å². The predicted molar refractivity (Wildman–Crippen MR) is 78.0 cm³/mol. The van der Waals surface area contributed by atoms with E-state index in [1.807, 2.05) is 13.8 Å². The molecule has 0 amide bonds. The van der Waals surface area contributed by atoms with Gasteiger partial charge in [-0.1, -0.05) is 23.5 Å². The summed E-state index contributed by atoms with van der Waals surface area (Å²) in [7, 11) is 0. The maximum Gasteiger partial charge on any atom is 0.219 e. The molecule has 0 aliphatic heterocycles. The first-order valence-electron chi connectivity index (χ1n) is 4.79. The number of hydrogen-bond donors (Lipinski definition) is 0. The van der Waals surface area contributed by atoms with E-state index in [1.54, 1.807) is 23.5 Å². The SMILES string of the molecule is CCOC(=S)SCCCSC(=S)OCC. The maximum absolute atomic E-state index is 5.15. The van der Waals surface area contributed by atoms with Crippen molar-refractivity contribution in [1.82, 2.24) is 0 Å². The van der Waals surface area contributed by atoms with Crippen LogP contribution in [-0.2, 0) is 9.47 Å². The van der Waals surface area contributed by atoms with E-state index in [2.05, 4.69) is 0 Å². The highest BCUT2D eigenvalue weighted by Crippen LogP contribution is 2.12. The second-order valence-corrected chi connectivity index (χ2v) is 5.81. The molecule has 0 heterocycles. The van der Waals surface area contributed by atoms with Crippen molar-refractivity contribution in [2.75, 3.05) is 24.7 Å². The standard InChI is InChI=1S/C9H16O2S4/c1-3-10-8(12)14-6-5-7-15-9(13)11-4-2/h3-7H2,1-2H3. The molecular formula is C9H16O2S4. The van der Waals surface area contributed by atoms with Crippen molar-refractivity contribution in [3.05, 3.63) is 0 Å². The monoisotopic (exact) mass is 284 g/mol. The first-order valence-corrected chi connectivity index (χ1v) is 7.58. The molecule has 6 heteroatoms. The van der Waals surface area contributed by atoms with Crippen LogP contribution in [0.25, 0.3) is 0 Å². The lowest BCUT2D eigenvalue weighted by Gasteiger charge is -2.05. The molecule has 0 saturated carbocycles. The Kier molecular flexibility index (Phi) is 11.3. The Balaban J connectivity index is 3.24. The van der Waals surface area contributed by atoms with Gasteiger partial charge >= 0.3 is 0 Å². The number of thiocarbonyl (C=S) groups is 2. The highest BCUT2D eigenvalue weighted by molar-refractivity contribution is 8.23. The van der Waals surface area contributed by atoms with Gasteiger partial charge in [0.05, 0.1) is 13.2 Å². The summed E-state index contributed by atoms with van der Waals surface area (Å²) < 4.78 is 11.6. The average Bonchev–Trinajstić information content (AvgIpc) is 2.18. The molecule has 0 aromatic rings. The number of thioether (sulfide) groups is 2. The summed E-state index contributed by atoms with van der Waals surface area (Å²) in [4.78, 5) is 0. The summed E-state index contributed by atoms with van der Waals surface area (Å²) in [6.07, 6.45) is 1.05. The van der Waals surface area contributed by atoms with Crippen molar-refractivity contribution in [1.29, 1.82) is 0 Å². The summed E-state index contributed by atoms with van der Waals surface area (Å²) in [6.45, 7) is 5.16. The van der Waals surface area contributed by atoms with Gasteiger partial charge in [0.15, 0.2) is 0 Å². The fourth-order valence-electron chi connectivity index (χ4n) is 0.689. The second-order valence-electron chi connectivity index (χ2n) is 2.42. The van der Waals surface area contributed by atoms with Crippen molar-refractivity contribution in [2.24, 2.45) is 0 Å². The molecule has 88 valence electrons. The van der Waals surface area contributed by atoms with Crippen LogP contribution < -0.4 is 0 Å². The third-order valence-corrected chi connectivity index (χ3v) is 3.89. The summed E-state index contributed by atoms with van der Waals surface area (Å²) in [5.41, 5.74) is 0. The minimum Gasteiger partial charge on any atom is -0.479 e. The van der Waals surface area contributed by atoms with Gasteiger partial charge in [0.1, 0.15) is 0 Å². The zero-order chi connectivity index (χ0) is 11.5. The summed E-state index contributed by atoms with van der Waals surface area (Å²) >= 11 is 13.1. The third-order valence-electron chi connectivity index (χ3n) is 1.25. The molecule has 2 nitrogen and oxygen atoms in total. The molecule has 0 N–H and O–H groups in total. The molecule has 0 aliphatic carbocycles. The lowest BCUT2D eigenvalue weighted by Crippen LogP contribution is -2.00. The fourth-order valence-corrected chi connectivity index (χ4v) is 2.92. The molecule has 0 bridgehead atoms. The van der Waals surface area contributed by atoms with E-state index in [4.69, 9.17) is 33.9 Å². The van der Waals surface area contributed by atoms with Crippen LogP contribution in [0.3, 0.4) is 0 Å². The smallest absolute Gasteiger partial charge is 0.219 e. The van der Waals surface area contributed by atoms with Gasteiger partial charge in [0.25, 0.3) is 0 Å². The first kappa shape index (κ1) is 15.5. The van der Waals surface area contributed by atoms with Crippen LogP contribution >= 0.6 is 48.0 Å². The van der Waals surface area contributed by atoms with Crippen LogP contribution in [-0.4, -0.2) is 33.5 Å². The zero-order valence-corrected chi connectivity index (χ0v) is 12.3. The van der Waals surface area contributed by atoms with Crippen molar-refractivity contribution in [3.63, 3.8) is 0 Å². The number of rotatable bonds is 6. The van der Waals surface area contributed by atoms with Crippen LogP contribution in [0.5, 0.6) is 0 Å². The zero-order valence-electron chi connectivity index (χ0n) is 8.99. The Morgan fingerprint density at radius 3 is 1.67 bits per heavy atom. The van der Waals surface area contributed by atoms with E-state index in [0.717, 1.165) is 17.9 Å². The Morgan fingerprint density at radius 1 is 0.933 bits per heavy atom. The second kappa shape index (κ2) is 11.0. The van der Waals surface area contributed by atoms with Crippen LogP contribution in [0.1, 0.15) is 20.3 Å². The average molecular weight is 284 g/mol. The van der Waals surface area contributed by atoms with Gasteiger partial charge in [-0.3, -0.25) is 0 Å². The van der Waals surface area contributed by atoms with Crippen LogP contribution in [0.4, 0.5) is 0 Å². The van der Waals surface area contributed by atoms with Crippen molar-refractivity contribution >= 4 is 56.7 Å². The molecule has 0 fully saturated rings. The topological polar surface area (TPSA) is 18.5 Å². The molecule has 0 atom stereocenters. The van der Waals surface area contributed by atoms with E-state index in [0.29, 0.717) is 22.0 Å². The van der Waals surface area contributed by atoms with Gasteiger partial charge < -0.3 is 9.47 Å². The third kappa shape index (κ3) is 10.8. The molecule has 0 spiro atoms. The summed E-state index contributed by atoms with van der Waals surface area (Å²) in [5, 5.41) is 0. The van der Waals surface area contributed by atoms with Gasteiger partial charge in [-0.05, 0) is 44.7 Å². The predicted octanol–water partition coefficient (Wildman–Crippen LogP) is 3.49. The number of ether oxygens (including phenoxy) is 2. The molecule has 0 rings (SSSR count). The quantitative estimate of drug-likeness (QED) is 0.545. The van der Waals surface area contributed by atoms with E-state index in [1.165, 1.54) is 0 Å². The molecular weight excluding hydrogens is 268 g/mol. The molecule has 15 heavy (non-hydrogen) atoms. The molecule has 0 radical (unpaired) electrons. The fraction of sp³-hybridized carbons (Fsp3) is 0.778. The van der Waals surface area contributed by atoms with E-state index in [9.17, 15) is 0 Å². The van der Waals surface area contributed by atoms with E-state index in [-0.39, 0.29) is 0 Å². The molecule has 0 unspecified atom stereocenters. The van der Waals surface area contributed by atoms with Crippen LogP contribution in [0.15, 0.2) is 0 Å². The van der Waals surface area contributed by atoms with Gasteiger partial charge in [-0.2, -0.15) is 0 Å². The maximum atomic E-state index is 5.15. The normalized spacial score (nSPS) is 9.73. The Bertz CT molecular complexity index is 177. The van der Waals surface area contributed by atoms with E-state index >= 15 is 0 Å². The lowest BCUT2D eigenvalue weighted by atomic mass is 10.6. The first-order chi connectivity index (χ1) is 7.20. The van der Waals surface area contributed by atoms with Gasteiger partial charge in [-0.25, -0.2) is 0 Å². The van der Waals surface area contributed by atoms with Crippen LogP contribution in [0, 0.1) is 0 Å². The van der Waals surface area contributed by atoms with E-state index < -0.39 is 0 Å². The lowest BCUT2D eigenvalue weighted by molar-refractivity contribution is 0.346. The molecule has 0 aliphatic rings. The van der Waals surface area contributed by atoms with Gasteiger partial charge in [0.2, 0.25) is 8.77 Å². The van der Waals surface area contributed by atoms with Gasteiger partial charge in [-0.15, -0.1) is 0 Å². The highest BCUT2D eigenvalue weighted by atomic mass is 32.2. The Hall–Kier alpha value is 0.480. The van der Waals surface area contributed by atoms with Crippen molar-refractivity contribution in [2.45, 2.75) is 20.3 Å². The largest absolute Gasteiger partial charge is 0.479 e. The molecule has 0 saturated heterocycles. The van der Waals surface area contributed by atoms with Crippen LogP contribution in [0.2, 0.25) is 0 Å². The van der Waals surface area contributed by atoms with Gasteiger partial charge in [0, 0.05) is 11.5 Å². The number of hydrogen-bond acceptors (Lipinski definition) is 6. The minimum atomic E-state index is 0.634. The van der Waals surface area contributed by atoms with Crippen molar-refractivity contribution < 1.29 is 9.47 Å². The summed E-state index contributed by atoms with van der Waals surface area (Å²) in [5.74, 6) is 1.95. The summed E-state index contributed by atoms with van der Waals surface area (Å²) in [6, 6.07) is 0. The van der Waals surface area contributed by atoms with Crippen molar-refractivity contribution in [3.8, 4) is 0 Å².